The number of rotatable bonds is 8. The number of amides is 2. The van der Waals surface area contributed by atoms with Gasteiger partial charge in [-0.2, -0.15) is 0 Å². The van der Waals surface area contributed by atoms with Crippen LogP contribution >= 0.6 is 0 Å². The highest BCUT2D eigenvalue weighted by molar-refractivity contribution is 6.04. The van der Waals surface area contributed by atoms with Crippen LogP contribution < -0.4 is 20.1 Å². The van der Waals surface area contributed by atoms with E-state index >= 15 is 0 Å². The van der Waals surface area contributed by atoms with Gasteiger partial charge in [0.05, 0.1) is 25.3 Å². The van der Waals surface area contributed by atoms with E-state index in [1.165, 1.54) is 26.4 Å². The summed E-state index contributed by atoms with van der Waals surface area (Å²) in [5, 5.41) is 14.4. The Morgan fingerprint density at radius 1 is 0.852 bits per heavy atom. The summed E-state index contributed by atoms with van der Waals surface area (Å²) in [5.74, 6) is -1.09. The number of hydrogen-bond donors (Lipinski definition) is 3. The zero-order valence-electron chi connectivity index (χ0n) is 14.9. The van der Waals surface area contributed by atoms with Gasteiger partial charge in [0.1, 0.15) is 0 Å². The Morgan fingerprint density at radius 3 is 2.04 bits per heavy atom. The van der Waals surface area contributed by atoms with E-state index in [1.807, 2.05) is 0 Å². The molecule has 0 atom stereocenters. The predicted octanol–water partition coefficient (Wildman–Crippen LogP) is 1.56. The van der Waals surface area contributed by atoms with Gasteiger partial charge >= 0.3 is 5.97 Å². The SMILES string of the molecule is COc1ccc(C(=O)NCCNC(=O)c2ccccc2C(=O)O)cc1OC. The topological polar surface area (TPSA) is 114 Å². The molecule has 2 amide bonds. The lowest BCUT2D eigenvalue weighted by molar-refractivity contribution is 0.0691. The van der Waals surface area contributed by atoms with Crippen LogP contribution in [0.3, 0.4) is 0 Å². The second-order valence-corrected chi connectivity index (χ2v) is 5.43. The Labute approximate surface area is 156 Å². The number of aromatic carboxylic acids is 1. The normalized spacial score (nSPS) is 10.0. The molecule has 0 aliphatic carbocycles. The summed E-state index contributed by atoms with van der Waals surface area (Å²) < 4.78 is 10.3. The summed E-state index contributed by atoms with van der Waals surface area (Å²) in [5.41, 5.74) is 0.371. The van der Waals surface area contributed by atoms with Gasteiger partial charge in [0, 0.05) is 18.7 Å². The van der Waals surface area contributed by atoms with Crippen LogP contribution in [0, 0.1) is 0 Å². The molecule has 0 aliphatic heterocycles. The second-order valence-electron chi connectivity index (χ2n) is 5.43. The molecule has 27 heavy (non-hydrogen) atoms. The van der Waals surface area contributed by atoms with Gasteiger partial charge in [0.2, 0.25) is 0 Å². The molecule has 0 unspecified atom stereocenters. The van der Waals surface area contributed by atoms with Crippen molar-refractivity contribution in [2.75, 3.05) is 27.3 Å². The summed E-state index contributed by atoms with van der Waals surface area (Å²) in [7, 11) is 2.98. The molecule has 3 N–H and O–H groups in total. The summed E-state index contributed by atoms with van der Waals surface area (Å²) in [4.78, 5) is 35.4. The summed E-state index contributed by atoms with van der Waals surface area (Å²) >= 11 is 0. The number of carbonyl (C=O) groups excluding carboxylic acids is 2. The van der Waals surface area contributed by atoms with Gasteiger partial charge in [-0.05, 0) is 30.3 Å². The Bertz CT molecular complexity index is 850. The minimum atomic E-state index is -1.18. The minimum Gasteiger partial charge on any atom is -0.493 e. The molecule has 0 fully saturated rings. The number of carboxylic acid groups (broad SMARTS) is 1. The summed E-state index contributed by atoms with van der Waals surface area (Å²) in [6.45, 7) is 0.319. The average molecular weight is 372 g/mol. The van der Waals surface area contributed by atoms with Crippen molar-refractivity contribution in [2.45, 2.75) is 0 Å². The summed E-state index contributed by atoms with van der Waals surface area (Å²) in [6, 6.07) is 10.7. The van der Waals surface area contributed by atoms with E-state index in [2.05, 4.69) is 10.6 Å². The van der Waals surface area contributed by atoms with Crippen molar-refractivity contribution in [3.05, 3.63) is 59.2 Å². The second kappa shape index (κ2) is 9.23. The van der Waals surface area contributed by atoms with E-state index in [4.69, 9.17) is 14.6 Å². The molecule has 0 radical (unpaired) electrons. The van der Waals surface area contributed by atoms with Gasteiger partial charge < -0.3 is 25.2 Å². The molecule has 0 heterocycles. The zero-order chi connectivity index (χ0) is 19.8. The van der Waals surface area contributed by atoms with E-state index < -0.39 is 11.9 Å². The van der Waals surface area contributed by atoms with Crippen molar-refractivity contribution in [3.8, 4) is 11.5 Å². The summed E-state index contributed by atoms with van der Waals surface area (Å²) in [6.07, 6.45) is 0. The van der Waals surface area contributed by atoms with Crippen molar-refractivity contribution in [1.29, 1.82) is 0 Å². The van der Waals surface area contributed by atoms with E-state index in [1.54, 1.807) is 30.3 Å². The lowest BCUT2D eigenvalue weighted by atomic mass is 10.1. The van der Waals surface area contributed by atoms with Crippen molar-refractivity contribution in [1.82, 2.24) is 10.6 Å². The number of hydrogen-bond acceptors (Lipinski definition) is 5. The molecule has 0 aromatic heterocycles. The molecule has 0 aliphatic rings. The fraction of sp³-hybridized carbons (Fsp3) is 0.211. The Morgan fingerprint density at radius 2 is 1.44 bits per heavy atom. The maximum atomic E-state index is 12.2. The fourth-order valence-electron chi connectivity index (χ4n) is 2.39. The Kier molecular flexibility index (Phi) is 6.76. The zero-order valence-corrected chi connectivity index (χ0v) is 14.9. The number of nitrogens with one attached hydrogen (secondary N) is 2. The van der Waals surface area contributed by atoms with Crippen LogP contribution in [0.5, 0.6) is 11.5 Å². The Hall–Kier alpha value is -3.55. The number of ether oxygens (including phenoxy) is 2. The van der Waals surface area contributed by atoms with Crippen molar-refractivity contribution < 1.29 is 29.0 Å². The van der Waals surface area contributed by atoms with Gasteiger partial charge in [-0.25, -0.2) is 4.79 Å². The smallest absolute Gasteiger partial charge is 0.336 e. The highest BCUT2D eigenvalue weighted by Crippen LogP contribution is 2.27. The highest BCUT2D eigenvalue weighted by Gasteiger charge is 2.15. The molecular formula is C19H20N2O6. The minimum absolute atomic E-state index is 0.0659. The van der Waals surface area contributed by atoms with E-state index in [0.717, 1.165) is 0 Å². The molecule has 2 aromatic rings. The Balaban J connectivity index is 1.89. The molecule has 142 valence electrons. The molecular weight excluding hydrogens is 352 g/mol. The van der Waals surface area contributed by atoms with E-state index in [0.29, 0.717) is 17.1 Å². The number of methoxy groups -OCH3 is 2. The highest BCUT2D eigenvalue weighted by atomic mass is 16.5. The molecule has 2 rings (SSSR count). The van der Waals surface area contributed by atoms with E-state index in [9.17, 15) is 14.4 Å². The monoisotopic (exact) mass is 372 g/mol. The van der Waals surface area contributed by atoms with Crippen LogP contribution in [0.4, 0.5) is 0 Å². The third kappa shape index (κ3) is 4.97. The van der Waals surface area contributed by atoms with Gasteiger partial charge in [-0.3, -0.25) is 9.59 Å². The van der Waals surface area contributed by atoms with Crippen LogP contribution in [0.2, 0.25) is 0 Å². The van der Waals surface area contributed by atoms with Crippen LogP contribution in [0.1, 0.15) is 31.1 Å². The first-order valence-corrected chi connectivity index (χ1v) is 8.08. The van der Waals surface area contributed by atoms with Crippen LogP contribution in [-0.2, 0) is 0 Å². The lowest BCUT2D eigenvalue weighted by Crippen LogP contribution is -2.35. The van der Waals surface area contributed by atoms with Crippen LogP contribution in [-0.4, -0.2) is 50.2 Å². The van der Waals surface area contributed by atoms with Crippen molar-refractivity contribution >= 4 is 17.8 Å². The number of carboxylic acids is 1. The fourth-order valence-corrected chi connectivity index (χ4v) is 2.39. The molecule has 8 heteroatoms. The van der Waals surface area contributed by atoms with Crippen LogP contribution in [0.25, 0.3) is 0 Å². The van der Waals surface area contributed by atoms with E-state index in [-0.39, 0.29) is 30.1 Å². The first-order chi connectivity index (χ1) is 13.0. The first kappa shape index (κ1) is 19.8. The molecule has 2 aromatic carbocycles. The quantitative estimate of drug-likeness (QED) is 0.606. The number of benzene rings is 2. The van der Waals surface area contributed by atoms with Gasteiger partial charge in [0.15, 0.2) is 11.5 Å². The molecule has 0 saturated carbocycles. The van der Waals surface area contributed by atoms with Crippen molar-refractivity contribution in [2.24, 2.45) is 0 Å². The molecule has 0 bridgehead atoms. The molecule has 8 nitrogen and oxygen atoms in total. The van der Waals surface area contributed by atoms with Crippen molar-refractivity contribution in [3.63, 3.8) is 0 Å². The average Bonchev–Trinajstić information content (AvgIpc) is 2.70. The lowest BCUT2D eigenvalue weighted by Gasteiger charge is -2.11. The maximum Gasteiger partial charge on any atom is 0.336 e. The van der Waals surface area contributed by atoms with Gasteiger partial charge in [-0.1, -0.05) is 12.1 Å². The van der Waals surface area contributed by atoms with Crippen LogP contribution in [0.15, 0.2) is 42.5 Å². The van der Waals surface area contributed by atoms with Gasteiger partial charge in [0.25, 0.3) is 11.8 Å². The number of carbonyl (C=O) groups is 3. The first-order valence-electron chi connectivity index (χ1n) is 8.08. The predicted molar refractivity (Wildman–Crippen MR) is 97.6 cm³/mol. The maximum absolute atomic E-state index is 12.2. The standard InChI is InChI=1S/C19H20N2O6/c1-26-15-8-7-12(11-16(15)27-2)17(22)20-9-10-21-18(23)13-5-3-4-6-14(13)19(24)25/h3-8,11H,9-10H2,1-2H3,(H,20,22)(H,21,23)(H,24,25). The third-order valence-corrected chi connectivity index (χ3v) is 3.74. The largest absolute Gasteiger partial charge is 0.493 e. The molecule has 0 saturated heterocycles. The third-order valence-electron chi connectivity index (χ3n) is 3.74. The molecule has 0 spiro atoms. The van der Waals surface area contributed by atoms with Gasteiger partial charge in [-0.15, -0.1) is 0 Å².